The number of imidazole rings is 1. The van der Waals surface area contributed by atoms with Crippen LogP contribution in [0.15, 0.2) is 6.20 Å². The van der Waals surface area contributed by atoms with Crippen molar-refractivity contribution in [3.63, 3.8) is 0 Å². The first-order valence-corrected chi connectivity index (χ1v) is 9.62. The normalized spacial score (nSPS) is 16.1. The summed E-state index contributed by atoms with van der Waals surface area (Å²) in [5, 5.41) is 14.9. The van der Waals surface area contributed by atoms with Crippen LogP contribution in [-0.4, -0.2) is 27.5 Å². The van der Waals surface area contributed by atoms with E-state index in [0.29, 0.717) is 22.1 Å². The van der Waals surface area contributed by atoms with Crippen molar-refractivity contribution < 1.29 is 22.8 Å². The van der Waals surface area contributed by atoms with Gasteiger partial charge in [0.25, 0.3) is 0 Å². The minimum atomic E-state index is -4.28. The van der Waals surface area contributed by atoms with E-state index in [0.717, 1.165) is 11.3 Å². The fourth-order valence-corrected chi connectivity index (χ4v) is 4.62. The van der Waals surface area contributed by atoms with Crippen molar-refractivity contribution in [3.05, 3.63) is 28.0 Å². The largest absolute Gasteiger partial charge is 0.392 e. The van der Waals surface area contributed by atoms with Gasteiger partial charge in [0.1, 0.15) is 29.3 Å². The number of thiophene rings is 1. The van der Waals surface area contributed by atoms with Crippen molar-refractivity contribution >= 4 is 34.0 Å². The molecule has 1 aliphatic carbocycles. The van der Waals surface area contributed by atoms with Crippen molar-refractivity contribution in [1.29, 1.82) is 5.26 Å². The van der Waals surface area contributed by atoms with Gasteiger partial charge in [0.2, 0.25) is 11.8 Å². The lowest BCUT2D eigenvalue weighted by Gasteiger charge is -2.24. The molecule has 2 aromatic heterocycles. The number of alkyl halides is 3. The molecule has 7 nitrogen and oxygen atoms in total. The summed E-state index contributed by atoms with van der Waals surface area (Å²) in [6, 6.07) is 2.01. The second-order valence-corrected chi connectivity index (χ2v) is 7.91. The Bertz CT molecular complexity index is 1000. The van der Waals surface area contributed by atoms with E-state index >= 15 is 0 Å². The number of amides is 2. The number of rotatable bonds is 4. The first-order valence-electron chi connectivity index (χ1n) is 8.81. The highest BCUT2D eigenvalue weighted by Gasteiger charge is 2.42. The van der Waals surface area contributed by atoms with E-state index in [4.69, 9.17) is 0 Å². The van der Waals surface area contributed by atoms with Crippen LogP contribution in [0.1, 0.15) is 35.2 Å². The van der Waals surface area contributed by atoms with Gasteiger partial charge < -0.3 is 15.2 Å². The standard InChI is InChI=1S/C18H18F3N5O2S/c1-9-23-7-15(24-10(2)27)26(9)8-16(28)25-17-13(6-22)12-4-3-11(18(19,20)21)5-14(12)29-17/h7,11H,3-5,8H2,1-2H3,(H,24,27)(H,25,28). The van der Waals surface area contributed by atoms with Crippen molar-refractivity contribution in [2.24, 2.45) is 5.92 Å². The Kier molecular flexibility index (Phi) is 5.66. The van der Waals surface area contributed by atoms with Gasteiger partial charge in [0, 0.05) is 11.8 Å². The Morgan fingerprint density at radius 2 is 2.14 bits per heavy atom. The minimum Gasteiger partial charge on any atom is -0.315 e. The number of nitrogens with zero attached hydrogens (tertiary/aromatic N) is 3. The van der Waals surface area contributed by atoms with E-state index in [1.807, 2.05) is 6.07 Å². The molecule has 154 valence electrons. The zero-order chi connectivity index (χ0) is 21.3. The summed E-state index contributed by atoms with van der Waals surface area (Å²) in [6.07, 6.45) is -2.95. The number of hydrogen-bond donors (Lipinski definition) is 2. The number of fused-ring (bicyclic) bond motifs is 1. The summed E-state index contributed by atoms with van der Waals surface area (Å²) in [5.74, 6) is -1.37. The Labute approximate surface area is 168 Å². The molecule has 0 aromatic carbocycles. The number of carbonyl (C=O) groups is 2. The van der Waals surface area contributed by atoms with Gasteiger partial charge in [0.15, 0.2) is 0 Å². The summed E-state index contributed by atoms with van der Waals surface area (Å²) >= 11 is 1.02. The van der Waals surface area contributed by atoms with Gasteiger partial charge in [-0.25, -0.2) is 4.98 Å². The highest BCUT2D eigenvalue weighted by atomic mass is 32.1. The molecular formula is C18H18F3N5O2S. The van der Waals surface area contributed by atoms with Crippen LogP contribution in [0.4, 0.5) is 24.0 Å². The van der Waals surface area contributed by atoms with Crippen LogP contribution >= 0.6 is 11.3 Å². The molecule has 11 heteroatoms. The molecule has 3 rings (SSSR count). The summed E-state index contributed by atoms with van der Waals surface area (Å²) in [7, 11) is 0. The van der Waals surface area contributed by atoms with Crippen molar-refractivity contribution in [2.75, 3.05) is 10.6 Å². The number of carbonyl (C=O) groups excluding carboxylic acids is 2. The second-order valence-electron chi connectivity index (χ2n) is 6.81. The first-order chi connectivity index (χ1) is 13.6. The molecule has 2 amide bonds. The third-order valence-corrected chi connectivity index (χ3v) is 5.92. The van der Waals surface area contributed by atoms with Gasteiger partial charge in [-0.3, -0.25) is 9.59 Å². The molecule has 0 bridgehead atoms. The van der Waals surface area contributed by atoms with Crippen molar-refractivity contribution in [1.82, 2.24) is 9.55 Å². The van der Waals surface area contributed by atoms with Gasteiger partial charge in [-0.2, -0.15) is 18.4 Å². The summed E-state index contributed by atoms with van der Waals surface area (Å²) in [5.41, 5.74) is 0.814. The Morgan fingerprint density at radius 1 is 1.41 bits per heavy atom. The molecule has 29 heavy (non-hydrogen) atoms. The molecule has 0 saturated heterocycles. The Morgan fingerprint density at radius 3 is 2.76 bits per heavy atom. The molecule has 1 unspecified atom stereocenters. The fraction of sp³-hybridized carbons (Fsp3) is 0.444. The predicted octanol–water partition coefficient (Wildman–Crippen LogP) is 3.39. The molecule has 0 saturated carbocycles. The van der Waals surface area contributed by atoms with Crippen LogP contribution in [0.25, 0.3) is 0 Å². The Balaban J connectivity index is 1.79. The minimum absolute atomic E-state index is 0.0659. The van der Waals surface area contributed by atoms with E-state index in [1.54, 1.807) is 6.92 Å². The highest BCUT2D eigenvalue weighted by Crippen LogP contribution is 2.43. The molecule has 2 heterocycles. The summed E-state index contributed by atoms with van der Waals surface area (Å²) in [4.78, 5) is 28.3. The van der Waals surface area contributed by atoms with Gasteiger partial charge in [-0.05, 0) is 31.7 Å². The van der Waals surface area contributed by atoms with E-state index in [-0.39, 0.29) is 42.3 Å². The second kappa shape index (κ2) is 7.87. The smallest absolute Gasteiger partial charge is 0.315 e. The topological polar surface area (TPSA) is 99.8 Å². The lowest BCUT2D eigenvalue weighted by atomic mass is 9.87. The molecule has 2 N–H and O–H groups in total. The number of halogens is 3. The molecule has 0 aliphatic heterocycles. The molecule has 1 atom stereocenters. The number of anilines is 2. The quantitative estimate of drug-likeness (QED) is 0.784. The number of aryl methyl sites for hydroxylation is 1. The average Bonchev–Trinajstić information content (AvgIpc) is 3.13. The van der Waals surface area contributed by atoms with E-state index < -0.39 is 18.0 Å². The van der Waals surface area contributed by atoms with Crippen LogP contribution in [0.3, 0.4) is 0 Å². The number of aromatic nitrogens is 2. The van der Waals surface area contributed by atoms with Crippen LogP contribution < -0.4 is 10.6 Å². The van der Waals surface area contributed by atoms with Gasteiger partial charge in [-0.1, -0.05) is 0 Å². The average molecular weight is 425 g/mol. The van der Waals surface area contributed by atoms with E-state index in [2.05, 4.69) is 15.6 Å². The molecule has 0 fully saturated rings. The third kappa shape index (κ3) is 4.42. The van der Waals surface area contributed by atoms with E-state index in [1.165, 1.54) is 17.7 Å². The van der Waals surface area contributed by atoms with Crippen molar-refractivity contribution in [2.45, 2.75) is 45.8 Å². The van der Waals surface area contributed by atoms with Gasteiger partial charge in [0.05, 0.1) is 17.7 Å². The third-order valence-electron chi connectivity index (χ3n) is 4.75. The maximum Gasteiger partial charge on any atom is 0.392 e. The lowest BCUT2D eigenvalue weighted by Crippen LogP contribution is -2.28. The van der Waals surface area contributed by atoms with Crippen molar-refractivity contribution in [3.8, 4) is 6.07 Å². The molecule has 0 spiro atoms. The fourth-order valence-electron chi connectivity index (χ4n) is 3.33. The van der Waals surface area contributed by atoms with Crippen LogP contribution in [0, 0.1) is 24.2 Å². The number of nitriles is 1. The zero-order valence-corrected chi connectivity index (χ0v) is 16.5. The number of nitrogens with one attached hydrogen (secondary N) is 2. The SMILES string of the molecule is CC(=O)Nc1cnc(C)n1CC(=O)Nc1sc2c(c1C#N)CCC(C(F)(F)F)C2. The molecule has 2 aromatic rings. The van der Waals surface area contributed by atoms with Gasteiger partial charge in [-0.15, -0.1) is 11.3 Å². The highest BCUT2D eigenvalue weighted by molar-refractivity contribution is 7.16. The predicted molar refractivity (Wildman–Crippen MR) is 101 cm³/mol. The monoisotopic (exact) mass is 425 g/mol. The maximum absolute atomic E-state index is 13.0. The first kappa shape index (κ1) is 20.9. The Hall–Kier alpha value is -2.87. The van der Waals surface area contributed by atoms with Crippen LogP contribution in [-0.2, 0) is 29.0 Å². The molecular weight excluding hydrogens is 407 g/mol. The summed E-state index contributed by atoms with van der Waals surface area (Å²) < 4.78 is 40.6. The maximum atomic E-state index is 13.0. The van der Waals surface area contributed by atoms with Crippen LogP contribution in [0.2, 0.25) is 0 Å². The lowest BCUT2D eigenvalue weighted by molar-refractivity contribution is -0.176. The summed E-state index contributed by atoms with van der Waals surface area (Å²) in [6.45, 7) is 2.83. The number of hydrogen-bond acceptors (Lipinski definition) is 5. The molecule has 0 radical (unpaired) electrons. The van der Waals surface area contributed by atoms with Gasteiger partial charge >= 0.3 is 6.18 Å². The van der Waals surface area contributed by atoms with E-state index in [9.17, 15) is 28.0 Å². The zero-order valence-electron chi connectivity index (χ0n) is 15.7. The van der Waals surface area contributed by atoms with Crippen LogP contribution in [0.5, 0.6) is 0 Å². The molecule has 1 aliphatic rings.